The number of carbonyl (C=O) groups is 2. The van der Waals surface area contributed by atoms with Gasteiger partial charge in [0.25, 0.3) is 0 Å². The third kappa shape index (κ3) is 3.07. The highest BCUT2D eigenvalue weighted by molar-refractivity contribution is 5.97. The van der Waals surface area contributed by atoms with Crippen LogP contribution >= 0.6 is 0 Å². The first kappa shape index (κ1) is 16.3. The van der Waals surface area contributed by atoms with Crippen LogP contribution in [0.2, 0.25) is 0 Å². The number of carbonyl (C=O) groups excluding carboxylic acids is 2. The minimum atomic E-state index is -0.423. The fourth-order valence-corrected chi connectivity index (χ4v) is 3.58. The summed E-state index contributed by atoms with van der Waals surface area (Å²) < 4.78 is 0. The van der Waals surface area contributed by atoms with Crippen molar-refractivity contribution in [2.24, 2.45) is 11.3 Å². The topological polar surface area (TPSA) is 52.6 Å². The Morgan fingerprint density at radius 3 is 2.33 bits per heavy atom. The predicted octanol–water partition coefficient (Wildman–Crippen LogP) is 1.09. The molecule has 2 fully saturated rings. The summed E-state index contributed by atoms with van der Waals surface area (Å²) in [5.74, 6) is 0.443. The highest BCUT2D eigenvalue weighted by Crippen LogP contribution is 2.30. The standard InChI is InChI=1S/C16H29N3O2/c1-10-9-18(6)8-7-12(10)19-11(2)14(20)17-13(15(19)21)16(3,4)5/h10-13H,7-9H2,1-6H3,(H,17,20). The molecule has 2 heterocycles. The van der Waals surface area contributed by atoms with E-state index in [1.807, 2.05) is 32.6 Å². The van der Waals surface area contributed by atoms with Gasteiger partial charge in [0.2, 0.25) is 11.8 Å². The lowest BCUT2D eigenvalue weighted by molar-refractivity contribution is -0.157. The molecule has 2 aliphatic heterocycles. The molecule has 2 amide bonds. The van der Waals surface area contributed by atoms with Crippen molar-refractivity contribution in [1.82, 2.24) is 15.1 Å². The maximum Gasteiger partial charge on any atom is 0.246 e. The number of nitrogens with zero attached hydrogens (tertiary/aromatic N) is 2. The Labute approximate surface area is 128 Å². The molecule has 5 nitrogen and oxygen atoms in total. The molecule has 21 heavy (non-hydrogen) atoms. The third-order valence-corrected chi connectivity index (χ3v) is 4.87. The zero-order chi connectivity index (χ0) is 15.9. The van der Waals surface area contributed by atoms with Gasteiger partial charge in [-0.15, -0.1) is 0 Å². The quantitative estimate of drug-likeness (QED) is 0.788. The number of likely N-dealkylation sites (tertiary alicyclic amines) is 1. The SMILES string of the molecule is CC1CN(C)CCC1N1C(=O)C(C(C)(C)C)NC(=O)C1C. The summed E-state index contributed by atoms with van der Waals surface area (Å²) in [7, 11) is 2.11. The molecule has 120 valence electrons. The second-order valence-corrected chi connectivity index (χ2v) is 7.82. The van der Waals surface area contributed by atoms with Gasteiger partial charge in [-0.25, -0.2) is 0 Å². The fraction of sp³-hybridized carbons (Fsp3) is 0.875. The highest BCUT2D eigenvalue weighted by atomic mass is 16.2. The monoisotopic (exact) mass is 295 g/mol. The molecule has 0 aromatic heterocycles. The van der Waals surface area contributed by atoms with Gasteiger partial charge in [-0.2, -0.15) is 0 Å². The maximum atomic E-state index is 13.0. The van der Waals surface area contributed by atoms with Gasteiger partial charge in [0, 0.05) is 12.6 Å². The van der Waals surface area contributed by atoms with Gasteiger partial charge in [-0.3, -0.25) is 9.59 Å². The lowest BCUT2D eigenvalue weighted by Gasteiger charge is -2.49. The van der Waals surface area contributed by atoms with E-state index in [1.165, 1.54) is 0 Å². The summed E-state index contributed by atoms with van der Waals surface area (Å²) in [6.07, 6.45) is 0.942. The third-order valence-electron chi connectivity index (χ3n) is 4.87. The molecule has 0 aliphatic carbocycles. The van der Waals surface area contributed by atoms with Crippen molar-refractivity contribution in [3.8, 4) is 0 Å². The average molecular weight is 295 g/mol. The molecule has 4 unspecified atom stereocenters. The first-order chi connectivity index (χ1) is 9.62. The Balaban J connectivity index is 2.27. The predicted molar refractivity (Wildman–Crippen MR) is 82.8 cm³/mol. The van der Waals surface area contributed by atoms with Gasteiger partial charge in [0.1, 0.15) is 12.1 Å². The van der Waals surface area contributed by atoms with E-state index in [-0.39, 0.29) is 29.3 Å². The second-order valence-electron chi connectivity index (χ2n) is 7.82. The molecule has 1 N–H and O–H groups in total. The number of rotatable bonds is 1. The number of hydrogen-bond acceptors (Lipinski definition) is 3. The molecule has 4 atom stereocenters. The van der Waals surface area contributed by atoms with E-state index in [2.05, 4.69) is 24.2 Å². The van der Waals surface area contributed by atoms with Crippen molar-refractivity contribution in [3.05, 3.63) is 0 Å². The van der Waals surface area contributed by atoms with E-state index in [4.69, 9.17) is 0 Å². The molecule has 0 spiro atoms. The fourth-order valence-electron chi connectivity index (χ4n) is 3.58. The van der Waals surface area contributed by atoms with Crippen molar-refractivity contribution in [1.29, 1.82) is 0 Å². The molecule has 2 aliphatic rings. The first-order valence-corrected chi connectivity index (χ1v) is 7.94. The number of piperidine rings is 1. The summed E-state index contributed by atoms with van der Waals surface area (Å²) >= 11 is 0. The van der Waals surface area contributed by atoms with Crippen LogP contribution in [-0.2, 0) is 9.59 Å². The molecule has 0 saturated carbocycles. The number of piperazine rings is 1. The van der Waals surface area contributed by atoms with Crippen molar-refractivity contribution in [2.75, 3.05) is 20.1 Å². The van der Waals surface area contributed by atoms with Crippen LogP contribution in [0.3, 0.4) is 0 Å². The van der Waals surface area contributed by atoms with E-state index in [0.717, 1.165) is 19.5 Å². The molecule has 0 aromatic carbocycles. The minimum absolute atomic E-state index is 0.0272. The van der Waals surface area contributed by atoms with Crippen LogP contribution in [0, 0.1) is 11.3 Å². The normalized spacial score (nSPS) is 35.8. The smallest absolute Gasteiger partial charge is 0.246 e. The number of hydrogen-bond donors (Lipinski definition) is 1. The van der Waals surface area contributed by atoms with Gasteiger partial charge in [0.05, 0.1) is 0 Å². The van der Waals surface area contributed by atoms with E-state index in [0.29, 0.717) is 5.92 Å². The van der Waals surface area contributed by atoms with Crippen LogP contribution in [0.15, 0.2) is 0 Å². The highest BCUT2D eigenvalue weighted by Gasteiger charge is 2.47. The number of amides is 2. The molecule has 0 aromatic rings. The van der Waals surface area contributed by atoms with Crippen molar-refractivity contribution >= 4 is 11.8 Å². The molecule has 2 rings (SSSR count). The Kier molecular flexibility index (Phi) is 4.34. The molecule has 5 heteroatoms. The Morgan fingerprint density at radius 2 is 1.81 bits per heavy atom. The van der Waals surface area contributed by atoms with Gasteiger partial charge in [-0.1, -0.05) is 27.7 Å². The van der Waals surface area contributed by atoms with Crippen LogP contribution in [0.1, 0.15) is 41.0 Å². The van der Waals surface area contributed by atoms with Crippen LogP contribution < -0.4 is 5.32 Å². The lowest BCUT2D eigenvalue weighted by atomic mass is 9.82. The summed E-state index contributed by atoms with van der Waals surface area (Å²) in [5.41, 5.74) is -0.264. The maximum absolute atomic E-state index is 13.0. The summed E-state index contributed by atoms with van der Waals surface area (Å²) in [5, 5.41) is 2.91. The second kappa shape index (κ2) is 5.59. The molecule has 0 bridgehead atoms. The first-order valence-electron chi connectivity index (χ1n) is 7.94. The summed E-state index contributed by atoms with van der Waals surface area (Å²) in [6, 6.07) is -0.625. The van der Waals surface area contributed by atoms with Crippen LogP contribution in [0.25, 0.3) is 0 Å². The zero-order valence-electron chi connectivity index (χ0n) is 14.1. The molecule has 2 saturated heterocycles. The molecular weight excluding hydrogens is 266 g/mol. The number of nitrogens with one attached hydrogen (secondary N) is 1. The summed E-state index contributed by atoms with van der Waals surface area (Å²) in [4.78, 5) is 29.4. The van der Waals surface area contributed by atoms with Crippen molar-refractivity contribution in [3.63, 3.8) is 0 Å². The van der Waals surface area contributed by atoms with Gasteiger partial charge >= 0.3 is 0 Å². The van der Waals surface area contributed by atoms with Crippen LogP contribution in [-0.4, -0.2) is 59.9 Å². The largest absolute Gasteiger partial charge is 0.342 e. The Morgan fingerprint density at radius 1 is 1.19 bits per heavy atom. The molecular formula is C16H29N3O2. The van der Waals surface area contributed by atoms with Gasteiger partial charge in [-0.05, 0) is 38.3 Å². The van der Waals surface area contributed by atoms with E-state index >= 15 is 0 Å². The van der Waals surface area contributed by atoms with E-state index in [1.54, 1.807) is 0 Å². The molecule has 0 radical (unpaired) electrons. The van der Waals surface area contributed by atoms with E-state index in [9.17, 15) is 9.59 Å². The lowest BCUT2D eigenvalue weighted by Crippen LogP contribution is -2.69. The Bertz CT molecular complexity index is 430. The van der Waals surface area contributed by atoms with Crippen LogP contribution in [0.5, 0.6) is 0 Å². The zero-order valence-corrected chi connectivity index (χ0v) is 14.1. The van der Waals surface area contributed by atoms with Crippen molar-refractivity contribution < 1.29 is 9.59 Å². The Hall–Kier alpha value is -1.10. The van der Waals surface area contributed by atoms with Gasteiger partial charge < -0.3 is 15.1 Å². The minimum Gasteiger partial charge on any atom is -0.342 e. The van der Waals surface area contributed by atoms with Gasteiger partial charge in [0.15, 0.2) is 0 Å². The average Bonchev–Trinajstić information content (AvgIpc) is 2.35. The van der Waals surface area contributed by atoms with Crippen molar-refractivity contribution in [2.45, 2.75) is 59.2 Å². The van der Waals surface area contributed by atoms with E-state index < -0.39 is 6.04 Å². The summed E-state index contributed by atoms with van der Waals surface area (Å²) in [6.45, 7) is 12.0. The van der Waals surface area contributed by atoms with Crippen LogP contribution in [0.4, 0.5) is 0 Å².